The Morgan fingerprint density at radius 3 is 2.45 bits per heavy atom. The summed E-state index contributed by atoms with van der Waals surface area (Å²) < 4.78 is 0.732. The number of carboxylic acids is 1. The third-order valence-electron chi connectivity index (χ3n) is 2.72. The molecule has 2 amide bonds. The zero-order valence-corrected chi connectivity index (χ0v) is 13.0. The molecule has 0 aliphatic rings. The van der Waals surface area contributed by atoms with Crippen LogP contribution in [0.25, 0.3) is 0 Å². The number of amides is 2. The number of anilines is 1. The third kappa shape index (κ3) is 4.21. The van der Waals surface area contributed by atoms with Gasteiger partial charge < -0.3 is 20.8 Å². The van der Waals surface area contributed by atoms with Crippen molar-refractivity contribution in [2.45, 2.75) is 26.4 Å². The summed E-state index contributed by atoms with van der Waals surface area (Å²) >= 11 is 3.35. The zero-order valence-electron chi connectivity index (χ0n) is 11.5. The highest BCUT2D eigenvalue weighted by Crippen LogP contribution is 2.27. The lowest BCUT2D eigenvalue weighted by Gasteiger charge is -2.19. The fraction of sp³-hybridized carbons (Fsp3) is 0.385. The Morgan fingerprint density at radius 2 is 1.95 bits per heavy atom. The van der Waals surface area contributed by atoms with Gasteiger partial charge in [-0.3, -0.25) is 0 Å². The molecule has 20 heavy (non-hydrogen) atoms. The summed E-state index contributed by atoms with van der Waals surface area (Å²) in [7, 11) is 0. The summed E-state index contributed by atoms with van der Waals surface area (Å²) in [5.74, 6) is -1.40. The molecule has 1 aromatic carbocycles. The number of halogens is 1. The minimum Gasteiger partial charge on any atom is -0.479 e. The molecule has 110 valence electrons. The van der Waals surface area contributed by atoms with Crippen molar-refractivity contribution in [2.24, 2.45) is 0 Å². The summed E-state index contributed by atoms with van der Waals surface area (Å²) in [5, 5.41) is 23.2. The van der Waals surface area contributed by atoms with Crippen molar-refractivity contribution < 1.29 is 19.8 Å². The van der Waals surface area contributed by atoms with E-state index in [1.807, 2.05) is 26.0 Å². The number of hydrogen-bond acceptors (Lipinski definition) is 3. The lowest BCUT2D eigenvalue weighted by molar-refractivity contribution is -0.155. The first-order chi connectivity index (χ1) is 9.13. The molecular weight excluding hydrogens is 328 g/mol. The predicted octanol–water partition coefficient (Wildman–Crippen LogP) is 2.02. The molecule has 0 spiro atoms. The molecule has 0 bridgehead atoms. The first kappa shape index (κ1) is 16.5. The number of aliphatic hydroxyl groups is 1. The molecule has 1 aromatic rings. The molecule has 0 heterocycles. The second-order valence-corrected chi connectivity index (χ2v) is 5.68. The molecule has 0 saturated heterocycles. The molecule has 0 radical (unpaired) electrons. The normalized spacial score (nSPS) is 13.4. The number of hydrogen-bond donors (Lipinski definition) is 4. The van der Waals surface area contributed by atoms with Crippen LogP contribution in [0.2, 0.25) is 0 Å². The molecule has 0 fully saturated rings. The van der Waals surface area contributed by atoms with Gasteiger partial charge in [0, 0.05) is 4.47 Å². The highest BCUT2D eigenvalue weighted by Gasteiger charge is 2.30. The van der Waals surface area contributed by atoms with Crippen molar-refractivity contribution >= 4 is 33.6 Å². The Balaban J connectivity index is 2.71. The number of nitrogens with one attached hydrogen (secondary N) is 2. The van der Waals surface area contributed by atoms with E-state index in [2.05, 4.69) is 26.6 Å². The van der Waals surface area contributed by atoms with Crippen molar-refractivity contribution in [1.82, 2.24) is 5.32 Å². The Kier molecular flexibility index (Phi) is 5.13. The Hall–Kier alpha value is -1.60. The van der Waals surface area contributed by atoms with Crippen molar-refractivity contribution in [3.8, 4) is 0 Å². The second-order valence-electron chi connectivity index (χ2n) is 4.83. The molecule has 1 rings (SSSR count). The predicted molar refractivity (Wildman–Crippen MR) is 78.9 cm³/mol. The SMILES string of the molecule is Cc1cc(C)c(NC(=O)NCC(C)(O)C(=O)O)c(Br)c1. The van der Waals surface area contributed by atoms with Crippen LogP contribution < -0.4 is 10.6 Å². The van der Waals surface area contributed by atoms with E-state index in [0.29, 0.717) is 5.69 Å². The zero-order chi connectivity index (χ0) is 15.5. The molecule has 7 heteroatoms. The number of rotatable bonds is 4. The van der Waals surface area contributed by atoms with E-state index in [9.17, 15) is 14.7 Å². The topological polar surface area (TPSA) is 98.7 Å². The summed E-state index contributed by atoms with van der Waals surface area (Å²) in [5.41, 5.74) is 0.519. The van der Waals surface area contributed by atoms with Crippen LogP contribution in [0, 0.1) is 13.8 Å². The van der Waals surface area contributed by atoms with Gasteiger partial charge in [0.1, 0.15) is 0 Å². The van der Waals surface area contributed by atoms with E-state index in [1.165, 1.54) is 0 Å². The summed E-state index contributed by atoms with van der Waals surface area (Å²) in [6.45, 7) is 4.51. The molecule has 1 unspecified atom stereocenters. The molecule has 6 nitrogen and oxygen atoms in total. The summed E-state index contributed by atoms with van der Waals surface area (Å²) in [6.07, 6.45) is 0. The highest BCUT2D eigenvalue weighted by atomic mass is 79.9. The van der Waals surface area contributed by atoms with Gasteiger partial charge in [-0.05, 0) is 53.9 Å². The van der Waals surface area contributed by atoms with E-state index in [0.717, 1.165) is 22.5 Å². The maximum Gasteiger partial charge on any atom is 0.337 e. The van der Waals surface area contributed by atoms with Gasteiger partial charge in [0.15, 0.2) is 5.60 Å². The smallest absolute Gasteiger partial charge is 0.337 e. The van der Waals surface area contributed by atoms with E-state index in [4.69, 9.17) is 5.11 Å². The number of carboxylic acid groups (broad SMARTS) is 1. The lowest BCUT2D eigenvalue weighted by Crippen LogP contribution is -2.47. The first-order valence-corrected chi connectivity index (χ1v) is 6.70. The minimum absolute atomic E-state index is 0.392. The summed E-state index contributed by atoms with van der Waals surface area (Å²) in [4.78, 5) is 22.4. The van der Waals surface area contributed by atoms with Crippen molar-refractivity contribution in [2.75, 3.05) is 11.9 Å². The fourth-order valence-electron chi connectivity index (χ4n) is 1.56. The maximum atomic E-state index is 11.7. The third-order valence-corrected chi connectivity index (χ3v) is 3.35. The van der Waals surface area contributed by atoms with Crippen LogP contribution >= 0.6 is 15.9 Å². The Bertz CT molecular complexity index is 520. The van der Waals surface area contributed by atoms with Crippen molar-refractivity contribution in [3.63, 3.8) is 0 Å². The quantitative estimate of drug-likeness (QED) is 0.671. The number of benzene rings is 1. The van der Waals surface area contributed by atoms with Gasteiger partial charge in [-0.1, -0.05) is 6.07 Å². The fourth-order valence-corrected chi connectivity index (χ4v) is 2.33. The minimum atomic E-state index is -2.00. The maximum absolute atomic E-state index is 11.7. The Labute approximate surface area is 125 Å². The highest BCUT2D eigenvalue weighted by molar-refractivity contribution is 9.10. The lowest BCUT2D eigenvalue weighted by atomic mass is 10.1. The number of urea groups is 1. The largest absolute Gasteiger partial charge is 0.479 e. The molecule has 0 saturated carbocycles. The second kappa shape index (κ2) is 6.23. The van der Waals surface area contributed by atoms with Crippen molar-refractivity contribution in [3.05, 3.63) is 27.7 Å². The first-order valence-electron chi connectivity index (χ1n) is 5.91. The Morgan fingerprint density at radius 1 is 1.35 bits per heavy atom. The summed E-state index contributed by atoms with van der Waals surface area (Å²) in [6, 6.07) is 3.18. The van der Waals surface area contributed by atoms with Crippen LogP contribution in [0.5, 0.6) is 0 Å². The van der Waals surface area contributed by atoms with Gasteiger partial charge in [0.25, 0.3) is 0 Å². The monoisotopic (exact) mass is 344 g/mol. The average molecular weight is 345 g/mol. The van der Waals surface area contributed by atoms with E-state index >= 15 is 0 Å². The number of aliphatic carboxylic acids is 1. The van der Waals surface area contributed by atoms with Gasteiger partial charge in [0.2, 0.25) is 0 Å². The number of aryl methyl sites for hydroxylation is 2. The van der Waals surface area contributed by atoms with Gasteiger partial charge >= 0.3 is 12.0 Å². The van der Waals surface area contributed by atoms with Crippen LogP contribution in [-0.2, 0) is 4.79 Å². The molecule has 0 aromatic heterocycles. The van der Waals surface area contributed by atoms with E-state index in [-0.39, 0.29) is 0 Å². The molecule has 0 aliphatic carbocycles. The van der Waals surface area contributed by atoms with Crippen LogP contribution in [0.4, 0.5) is 10.5 Å². The standard InChI is InChI=1S/C13H17BrN2O4/c1-7-4-8(2)10(9(14)5-7)16-12(19)15-6-13(3,20)11(17)18/h4-5,20H,6H2,1-3H3,(H,17,18)(H2,15,16,19). The number of carbonyl (C=O) groups is 2. The van der Waals surface area contributed by atoms with Gasteiger partial charge in [-0.15, -0.1) is 0 Å². The van der Waals surface area contributed by atoms with Gasteiger partial charge in [-0.2, -0.15) is 0 Å². The van der Waals surface area contributed by atoms with Crippen LogP contribution in [-0.4, -0.2) is 34.4 Å². The van der Waals surface area contributed by atoms with Gasteiger partial charge in [0.05, 0.1) is 12.2 Å². The van der Waals surface area contributed by atoms with Gasteiger partial charge in [-0.25, -0.2) is 9.59 Å². The molecule has 1 atom stereocenters. The molecule has 0 aliphatic heterocycles. The van der Waals surface area contributed by atoms with E-state index in [1.54, 1.807) is 0 Å². The van der Waals surface area contributed by atoms with Crippen LogP contribution in [0.1, 0.15) is 18.1 Å². The van der Waals surface area contributed by atoms with Crippen LogP contribution in [0.15, 0.2) is 16.6 Å². The van der Waals surface area contributed by atoms with Crippen LogP contribution in [0.3, 0.4) is 0 Å². The van der Waals surface area contributed by atoms with Crippen molar-refractivity contribution in [1.29, 1.82) is 0 Å². The number of carbonyl (C=O) groups excluding carboxylic acids is 1. The average Bonchev–Trinajstić information content (AvgIpc) is 2.31. The molecule has 4 N–H and O–H groups in total. The van der Waals surface area contributed by atoms with E-state index < -0.39 is 24.1 Å². The molecular formula is C13H17BrN2O4.